The number of piperazine rings is 1. The van der Waals surface area contributed by atoms with Gasteiger partial charge in [-0.05, 0) is 53.1 Å². The fourth-order valence-corrected chi connectivity index (χ4v) is 4.93. The van der Waals surface area contributed by atoms with E-state index in [-0.39, 0.29) is 42.9 Å². The molecular weight excluding hydrogens is 440 g/mol. The number of aliphatic hydroxyl groups is 1. The fraction of sp³-hybridized carbons (Fsp3) is 0.231. The second-order valence-electron chi connectivity index (χ2n) is 8.59. The van der Waals surface area contributed by atoms with Crippen LogP contribution in [0.15, 0.2) is 72.8 Å². The lowest BCUT2D eigenvalue weighted by molar-refractivity contribution is -0.159. The lowest BCUT2D eigenvalue weighted by atomic mass is 9.73. The van der Waals surface area contributed by atoms with Gasteiger partial charge in [0.2, 0.25) is 5.91 Å². The third-order valence-corrected chi connectivity index (χ3v) is 6.61. The molecule has 8 heteroatoms. The van der Waals surface area contributed by atoms with Gasteiger partial charge >= 0.3 is 6.03 Å². The van der Waals surface area contributed by atoms with E-state index in [4.69, 9.17) is 0 Å². The minimum Gasteiger partial charge on any atom is -0.394 e. The van der Waals surface area contributed by atoms with Crippen molar-refractivity contribution in [1.82, 2.24) is 9.80 Å². The lowest BCUT2D eigenvalue weighted by Gasteiger charge is -2.58. The third-order valence-electron chi connectivity index (χ3n) is 6.61. The van der Waals surface area contributed by atoms with Crippen LogP contribution in [0.25, 0.3) is 11.1 Å². The predicted molar refractivity (Wildman–Crippen MR) is 123 cm³/mol. The molecule has 0 spiro atoms. The van der Waals surface area contributed by atoms with Crippen LogP contribution in [-0.4, -0.2) is 58.6 Å². The first-order valence-electron chi connectivity index (χ1n) is 11.0. The molecule has 0 aliphatic carbocycles. The summed E-state index contributed by atoms with van der Waals surface area (Å²) in [6.07, 6.45) is 0. The van der Waals surface area contributed by atoms with E-state index in [0.717, 1.165) is 16.7 Å². The zero-order chi connectivity index (χ0) is 23.8. The molecule has 2 aliphatic heterocycles. The molecule has 2 saturated heterocycles. The van der Waals surface area contributed by atoms with Crippen LogP contribution in [0.1, 0.15) is 11.5 Å². The van der Waals surface area contributed by atoms with Crippen molar-refractivity contribution < 1.29 is 23.5 Å². The number of nitrogens with one attached hydrogen (secondary N) is 1. The molecule has 0 aromatic heterocycles. The maximum atomic E-state index is 13.2. The van der Waals surface area contributed by atoms with Crippen LogP contribution in [0.2, 0.25) is 0 Å². The Kier molecular flexibility index (Phi) is 5.75. The first-order chi connectivity index (χ1) is 16.4. The van der Waals surface area contributed by atoms with E-state index in [1.807, 2.05) is 24.3 Å². The molecule has 2 fully saturated rings. The molecule has 2 aliphatic rings. The van der Waals surface area contributed by atoms with Crippen LogP contribution in [0.3, 0.4) is 0 Å². The summed E-state index contributed by atoms with van der Waals surface area (Å²) in [4.78, 5) is 28.7. The highest BCUT2D eigenvalue weighted by molar-refractivity contribution is 5.93. The summed E-state index contributed by atoms with van der Waals surface area (Å²) in [5, 5.41) is 12.7. The number of hydrogen-bond acceptors (Lipinski definition) is 3. The van der Waals surface area contributed by atoms with Crippen LogP contribution >= 0.6 is 0 Å². The summed E-state index contributed by atoms with van der Waals surface area (Å²) < 4.78 is 26.4. The molecule has 2 N–H and O–H groups in total. The number of carbonyl (C=O) groups is 2. The summed E-state index contributed by atoms with van der Waals surface area (Å²) in [6.45, 7) is 0.0598. The molecule has 2 heterocycles. The van der Waals surface area contributed by atoms with E-state index < -0.39 is 11.8 Å². The minimum absolute atomic E-state index is 0.0871. The number of anilines is 1. The normalized spacial score (nSPS) is 21.6. The molecule has 34 heavy (non-hydrogen) atoms. The molecule has 0 unspecified atom stereocenters. The molecule has 3 aromatic rings. The van der Waals surface area contributed by atoms with Crippen LogP contribution < -0.4 is 5.32 Å². The minimum atomic E-state index is -0.433. The van der Waals surface area contributed by atoms with Crippen molar-refractivity contribution in [3.05, 3.63) is 90.0 Å². The Morgan fingerprint density at radius 3 is 2.06 bits per heavy atom. The van der Waals surface area contributed by atoms with E-state index >= 15 is 0 Å². The van der Waals surface area contributed by atoms with Crippen molar-refractivity contribution >= 4 is 17.6 Å². The highest BCUT2D eigenvalue weighted by atomic mass is 19.1. The van der Waals surface area contributed by atoms with E-state index in [0.29, 0.717) is 12.2 Å². The van der Waals surface area contributed by atoms with Crippen molar-refractivity contribution in [3.63, 3.8) is 0 Å². The number of amides is 3. The largest absolute Gasteiger partial charge is 0.394 e. The molecule has 6 nitrogen and oxygen atoms in total. The van der Waals surface area contributed by atoms with Crippen LogP contribution in [0, 0.1) is 11.6 Å². The average Bonchev–Trinajstić information content (AvgIpc) is 2.83. The van der Waals surface area contributed by atoms with Crippen molar-refractivity contribution in [3.8, 4) is 11.1 Å². The molecule has 0 saturated carbocycles. The SMILES string of the molecule is O=C(Nc1ccc(F)cc1)N1CC(=O)N2[C@H](CO)[C@H](c3ccc(-c4ccc(F)cc4)cc3)[C@H]2C1. The van der Waals surface area contributed by atoms with Gasteiger partial charge in [-0.25, -0.2) is 13.6 Å². The van der Waals surface area contributed by atoms with Crippen LogP contribution in [0.5, 0.6) is 0 Å². The average molecular weight is 463 g/mol. The third kappa shape index (κ3) is 4.01. The number of aliphatic hydroxyl groups excluding tert-OH is 1. The van der Waals surface area contributed by atoms with Gasteiger partial charge in [-0.15, -0.1) is 0 Å². The number of nitrogens with zero attached hydrogens (tertiary/aromatic N) is 2. The monoisotopic (exact) mass is 463 g/mol. The summed E-state index contributed by atoms with van der Waals surface area (Å²) in [6, 6.07) is 18.4. The Morgan fingerprint density at radius 1 is 0.912 bits per heavy atom. The van der Waals surface area contributed by atoms with Crippen molar-refractivity contribution in [2.45, 2.75) is 18.0 Å². The first-order valence-corrected chi connectivity index (χ1v) is 11.0. The van der Waals surface area contributed by atoms with Gasteiger partial charge in [0.25, 0.3) is 0 Å². The first kappa shape index (κ1) is 22.0. The molecule has 3 atom stereocenters. The lowest BCUT2D eigenvalue weighted by Crippen LogP contribution is -2.73. The molecule has 3 amide bonds. The van der Waals surface area contributed by atoms with E-state index in [2.05, 4.69) is 5.32 Å². The molecule has 3 aromatic carbocycles. The smallest absolute Gasteiger partial charge is 0.322 e. The van der Waals surface area contributed by atoms with Crippen LogP contribution in [0.4, 0.5) is 19.3 Å². The number of hydrogen-bond donors (Lipinski definition) is 2. The Balaban J connectivity index is 1.33. The zero-order valence-electron chi connectivity index (χ0n) is 18.2. The highest BCUT2D eigenvalue weighted by Gasteiger charge is 2.54. The van der Waals surface area contributed by atoms with Crippen LogP contribution in [-0.2, 0) is 4.79 Å². The van der Waals surface area contributed by atoms with Gasteiger partial charge < -0.3 is 20.2 Å². The molecular formula is C26H23F2N3O3. The Morgan fingerprint density at radius 2 is 1.47 bits per heavy atom. The quantitative estimate of drug-likeness (QED) is 0.618. The van der Waals surface area contributed by atoms with Gasteiger partial charge in [-0.1, -0.05) is 36.4 Å². The fourth-order valence-electron chi connectivity index (χ4n) is 4.93. The highest BCUT2D eigenvalue weighted by Crippen LogP contribution is 2.43. The van der Waals surface area contributed by atoms with Gasteiger partial charge in [-0.2, -0.15) is 0 Å². The number of urea groups is 1. The summed E-state index contributed by atoms with van der Waals surface area (Å²) in [5.41, 5.74) is 3.22. The van der Waals surface area contributed by atoms with Gasteiger partial charge in [0.05, 0.1) is 18.7 Å². The maximum absolute atomic E-state index is 13.2. The van der Waals surface area contributed by atoms with E-state index in [1.165, 1.54) is 41.3 Å². The number of benzene rings is 3. The van der Waals surface area contributed by atoms with Gasteiger partial charge in [0, 0.05) is 18.2 Å². The summed E-state index contributed by atoms with van der Waals surface area (Å²) in [5.74, 6) is -1.04. The second kappa shape index (κ2) is 8.87. The number of fused-ring (bicyclic) bond motifs is 1. The Bertz CT molecular complexity index is 1200. The summed E-state index contributed by atoms with van der Waals surface area (Å²) in [7, 11) is 0. The van der Waals surface area contributed by atoms with Crippen molar-refractivity contribution in [2.75, 3.05) is 25.0 Å². The van der Waals surface area contributed by atoms with Gasteiger partial charge in [-0.3, -0.25) is 4.79 Å². The zero-order valence-corrected chi connectivity index (χ0v) is 18.2. The topological polar surface area (TPSA) is 72.9 Å². The molecule has 0 radical (unpaired) electrons. The molecule has 174 valence electrons. The second-order valence-corrected chi connectivity index (χ2v) is 8.59. The van der Waals surface area contributed by atoms with Gasteiger partial charge in [0.1, 0.15) is 18.2 Å². The Labute approximate surface area is 195 Å². The van der Waals surface area contributed by atoms with Crippen molar-refractivity contribution in [2.24, 2.45) is 0 Å². The molecule has 5 rings (SSSR count). The number of rotatable bonds is 4. The van der Waals surface area contributed by atoms with Crippen molar-refractivity contribution in [1.29, 1.82) is 0 Å². The summed E-state index contributed by atoms with van der Waals surface area (Å²) >= 11 is 0. The number of carbonyl (C=O) groups excluding carboxylic acids is 2. The number of halogens is 2. The molecule has 0 bridgehead atoms. The van der Waals surface area contributed by atoms with E-state index in [1.54, 1.807) is 17.0 Å². The van der Waals surface area contributed by atoms with E-state index in [9.17, 15) is 23.5 Å². The Hall–Kier alpha value is -3.78. The van der Waals surface area contributed by atoms with Gasteiger partial charge in [0.15, 0.2) is 0 Å². The standard InChI is InChI=1S/C26H23F2N3O3/c27-19-7-5-17(6-8-19)16-1-3-18(4-2-16)25-22-13-30(14-24(33)31(22)23(25)15-32)26(34)29-21-11-9-20(28)10-12-21/h1-12,22-23,25,32H,13-15H2,(H,29,34)/t22-,23-,25-/m1/s1. The predicted octanol–water partition coefficient (Wildman–Crippen LogP) is 3.83. The maximum Gasteiger partial charge on any atom is 0.322 e.